The lowest BCUT2D eigenvalue weighted by Gasteiger charge is -2.26. The standard InChI is InChI=1S/C25H17ClFNO3/c1-13-7-10-20-17(11-13)23(29)21-22(16-5-3-4-6-19(16)27)28(25(30)24(21)31-20)15-9-8-14(2)18(26)12-15/h3-12,22H,1-2H3. The summed E-state index contributed by atoms with van der Waals surface area (Å²) in [6.07, 6.45) is 0. The van der Waals surface area contributed by atoms with Gasteiger partial charge in [0.05, 0.1) is 17.0 Å². The summed E-state index contributed by atoms with van der Waals surface area (Å²) in [6, 6.07) is 15.5. The summed E-state index contributed by atoms with van der Waals surface area (Å²) in [5.41, 5.74) is 2.50. The number of aryl methyl sites for hydroxylation is 2. The second kappa shape index (κ2) is 7.06. The van der Waals surface area contributed by atoms with Crippen molar-refractivity contribution in [1.29, 1.82) is 0 Å². The third-order valence-electron chi connectivity index (χ3n) is 5.66. The Hall–Kier alpha value is -3.44. The zero-order chi connectivity index (χ0) is 21.9. The van der Waals surface area contributed by atoms with E-state index in [1.807, 2.05) is 19.9 Å². The summed E-state index contributed by atoms with van der Waals surface area (Å²) >= 11 is 6.31. The quantitative estimate of drug-likeness (QED) is 0.392. The van der Waals surface area contributed by atoms with Gasteiger partial charge in [0.2, 0.25) is 5.76 Å². The van der Waals surface area contributed by atoms with Crippen LogP contribution in [0.3, 0.4) is 0 Å². The number of hydrogen-bond acceptors (Lipinski definition) is 3. The van der Waals surface area contributed by atoms with Gasteiger partial charge in [0, 0.05) is 16.3 Å². The number of amides is 1. The smallest absolute Gasteiger partial charge is 0.295 e. The van der Waals surface area contributed by atoms with E-state index in [1.165, 1.54) is 11.0 Å². The second-order valence-electron chi connectivity index (χ2n) is 7.71. The largest absolute Gasteiger partial charge is 0.450 e. The average Bonchev–Trinajstić information content (AvgIpc) is 3.04. The van der Waals surface area contributed by atoms with Crippen LogP contribution < -0.4 is 10.3 Å². The first-order valence-corrected chi connectivity index (χ1v) is 10.2. The van der Waals surface area contributed by atoms with Gasteiger partial charge in [-0.2, -0.15) is 0 Å². The average molecular weight is 434 g/mol. The van der Waals surface area contributed by atoms with Crippen LogP contribution >= 0.6 is 11.6 Å². The normalized spacial score (nSPS) is 15.5. The van der Waals surface area contributed by atoms with Crippen LogP contribution in [0.15, 0.2) is 69.9 Å². The first kappa shape index (κ1) is 19.5. The van der Waals surface area contributed by atoms with Gasteiger partial charge in [0.15, 0.2) is 5.43 Å². The predicted octanol–water partition coefficient (Wildman–Crippen LogP) is 5.95. The summed E-state index contributed by atoms with van der Waals surface area (Å²) in [7, 11) is 0. The molecule has 1 aliphatic heterocycles. The maximum Gasteiger partial charge on any atom is 0.295 e. The van der Waals surface area contributed by atoms with Gasteiger partial charge in [0.1, 0.15) is 11.4 Å². The van der Waals surface area contributed by atoms with Crippen molar-refractivity contribution in [2.24, 2.45) is 0 Å². The van der Waals surface area contributed by atoms with Gasteiger partial charge in [-0.3, -0.25) is 14.5 Å². The fraction of sp³-hybridized carbons (Fsp3) is 0.120. The summed E-state index contributed by atoms with van der Waals surface area (Å²) in [5, 5.41) is 0.824. The lowest BCUT2D eigenvalue weighted by molar-refractivity contribution is 0.0971. The molecule has 4 aromatic rings. The lowest BCUT2D eigenvalue weighted by atomic mass is 9.97. The van der Waals surface area contributed by atoms with E-state index in [9.17, 15) is 14.0 Å². The number of rotatable bonds is 2. The number of carbonyl (C=O) groups is 1. The summed E-state index contributed by atoms with van der Waals surface area (Å²) in [6.45, 7) is 3.72. The molecule has 4 nitrogen and oxygen atoms in total. The molecule has 3 aromatic carbocycles. The predicted molar refractivity (Wildman–Crippen MR) is 118 cm³/mol. The van der Waals surface area contributed by atoms with Crippen LogP contribution in [-0.2, 0) is 0 Å². The molecule has 31 heavy (non-hydrogen) atoms. The van der Waals surface area contributed by atoms with Crippen molar-refractivity contribution in [2.45, 2.75) is 19.9 Å². The Kier molecular flexibility index (Phi) is 4.45. The Morgan fingerprint density at radius 3 is 2.52 bits per heavy atom. The third kappa shape index (κ3) is 2.96. The summed E-state index contributed by atoms with van der Waals surface area (Å²) in [5.74, 6) is -1.10. The lowest BCUT2D eigenvalue weighted by Crippen LogP contribution is -2.30. The van der Waals surface area contributed by atoms with Gasteiger partial charge < -0.3 is 4.42 Å². The van der Waals surface area contributed by atoms with E-state index < -0.39 is 17.8 Å². The van der Waals surface area contributed by atoms with Gasteiger partial charge in [-0.1, -0.05) is 47.5 Å². The van der Waals surface area contributed by atoms with Crippen LogP contribution in [0.2, 0.25) is 5.02 Å². The molecule has 2 heterocycles. The Labute approximate surface area is 182 Å². The molecule has 0 saturated carbocycles. The minimum absolute atomic E-state index is 0.0775. The van der Waals surface area contributed by atoms with E-state index in [0.29, 0.717) is 21.7 Å². The molecule has 0 saturated heterocycles. The number of halogens is 2. The SMILES string of the molecule is Cc1ccc2oc3c(c(=O)c2c1)C(c1ccccc1F)N(c1ccc(C)c(Cl)c1)C3=O. The Morgan fingerprint density at radius 2 is 1.77 bits per heavy atom. The van der Waals surface area contributed by atoms with Gasteiger partial charge in [-0.05, 0) is 49.7 Å². The fourth-order valence-electron chi connectivity index (χ4n) is 4.08. The molecule has 5 rings (SSSR count). The van der Waals surface area contributed by atoms with Crippen molar-refractivity contribution in [3.63, 3.8) is 0 Å². The molecule has 0 fully saturated rings. The number of fused-ring (bicyclic) bond motifs is 2. The molecule has 1 atom stereocenters. The fourth-order valence-corrected chi connectivity index (χ4v) is 4.25. The molecule has 1 amide bonds. The molecule has 0 bridgehead atoms. The van der Waals surface area contributed by atoms with Gasteiger partial charge in [-0.25, -0.2) is 4.39 Å². The third-order valence-corrected chi connectivity index (χ3v) is 6.07. The number of benzene rings is 3. The summed E-state index contributed by atoms with van der Waals surface area (Å²) < 4.78 is 20.8. The van der Waals surface area contributed by atoms with E-state index >= 15 is 0 Å². The van der Waals surface area contributed by atoms with Crippen molar-refractivity contribution in [3.8, 4) is 0 Å². The minimum atomic E-state index is -0.969. The van der Waals surface area contributed by atoms with E-state index in [1.54, 1.807) is 48.5 Å². The molecule has 0 spiro atoms. The second-order valence-corrected chi connectivity index (χ2v) is 8.11. The highest BCUT2D eigenvalue weighted by molar-refractivity contribution is 6.31. The van der Waals surface area contributed by atoms with Gasteiger partial charge >= 0.3 is 0 Å². The zero-order valence-electron chi connectivity index (χ0n) is 16.8. The maximum atomic E-state index is 14.9. The number of nitrogens with zero attached hydrogens (tertiary/aromatic N) is 1. The highest BCUT2D eigenvalue weighted by Crippen LogP contribution is 2.42. The highest BCUT2D eigenvalue weighted by Gasteiger charge is 2.44. The first-order chi connectivity index (χ1) is 14.9. The molecule has 1 unspecified atom stereocenters. The topological polar surface area (TPSA) is 50.5 Å². The Balaban J connectivity index is 1.85. The molecular weight excluding hydrogens is 417 g/mol. The molecule has 0 aliphatic carbocycles. The Bertz CT molecular complexity index is 1440. The van der Waals surface area contributed by atoms with Crippen molar-refractivity contribution in [2.75, 3.05) is 4.90 Å². The molecule has 1 aliphatic rings. The van der Waals surface area contributed by atoms with Crippen LogP contribution in [-0.4, -0.2) is 5.91 Å². The van der Waals surface area contributed by atoms with Crippen LogP contribution in [0.4, 0.5) is 10.1 Å². The molecule has 1 aromatic heterocycles. The molecular formula is C25H17ClFNO3. The van der Waals surface area contributed by atoms with E-state index in [-0.39, 0.29) is 22.3 Å². The van der Waals surface area contributed by atoms with Crippen molar-refractivity contribution in [3.05, 3.63) is 110 Å². The maximum absolute atomic E-state index is 14.9. The zero-order valence-corrected chi connectivity index (χ0v) is 17.5. The number of anilines is 1. The van der Waals surface area contributed by atoms with Gasteiger partial charge in [0.25, 0.3) is 5.91 Å². The van der Waals surface area contributed by atoms with E-state index in [4.69, 9.17) is 16.0 Å². The van der Waals surface area contributed by atoms with Crippen LogP contribution in [0, 0.1) is 19.7 Å². The van der Waals surface area contributed by atoms with Gasteiger partial charge in [-0.15, -0.1) is 0 Å². The molecule has 6 heteroatoms. The van der Waals surface area contributed by atoms with Crippen molar-refractivity contribution < 1.29 is 13.6 Å². The molecule has 0 N–H and O–H groups in total. The number of carbonyl (C=O) groups excluding carboxylic acids is 1. The van der Waals surface area contributed by atoms with Crippen molar-refractivity contribution >= 4 is 34.2 Å². The molecule has 0 radical (unpaired) electrons. The van der Waals surface area contributed by atoms with Crippen LogP contribution in [0.5, 0.6) is 0 Å². The van der Waals surface area contributed by atoms with Crippen molar-refractivity contribution in [1.82, 2.24) is 0 Å². The van der Waals surface area contributed by atoms with Crippen LogP contribution in [0.1, 0.15) is 38.9 Å². The Morgan fingerprint density at radius 1 is 1.00 bits per heavy atom. The summed E-state index contributed by atoms with van der Waals surface area (Å²) in [4.78, 5) is 28.4. The number of hydrogen-bond donors (Lipinski definition) is 0. The van der Waals surface area contributed by atoms with Crippen LogP contribution in [0.25, 0.3) is 11.0 Å². The van der Waals surface area contributed by atoms with E-state index in [2.05, 4.69) is 0 Å². The first-order valence-electron chi connectivity index (χ1n) is 9.78. The highest BCUT2D eigenvalue weighted by atomic mass is 35.5. The molecule has 154 valence electrons. The minimum Gasteiger partial charge on any atom is -0.450 e. The van der Waals surface area contributed by atoms with E-state index in [0.717, 1.165) is 11.1 Å². The monoisotopic (exact) mass is 433 g/mol.